The van der Waals surface area contributed by atoms with Crippen LogP contribution in [0.5, 0.6) is 0 Å². The maximum absolute atomic E-state index is 13.3. The van der Waals surface area contributed by atoms with E-state index in [1.165, 1.54) is 12.1 Å². The van der Waals surface area contributed by atoms with Crippen LogP contribution in [0.2, 0.25) is 0 Å². The number of rotatable bonds is 7. The highest BCUT2D eigenvalue weighted by Crippen LogP contribution is 2.22. The summed E-state index contributed by atoms with van der Waals surface area (Å²) >= 11 is 5.01. The van der Waals surface area contributed by atoms with Gasteiger partial charge in [0.05, 0.1) is 0 Å². The number of anilines is 1. The van der Waals surface area contributed by atoms with Crippen LogP contribution in [0.15, 0.2) is 18.2 Å². The topological polar surface area (TPSA) is 32.5 Å². The number of nitrogens with zero attached hydrogens (tertiary/aromatic N) is 2. The van der Waals surface area contributed by atoms with Crippen molar-refractivity contribution >= 4 is 22.9 Å². The predicted octanol–water partition coefficient (Wildman–Crippen LogP) is 2.24. The van der Waals surface area contributed by atoms with Crippen LogP contribution in [-0.4, -0.2) is 43.6 Å². The minimum absolute atomic E-state index is 0.237. The normalized spacial score (nSPS) is 10.8. The van der Waals surface area contributed by atoms with Crippen LogP contribution in [-0.2, 0) is 0 Å². The largest absolute Gasteiger partial charge is 0.389 e. The monoisotopic (exact) mass is 283 g/mol. The molecule has 19 heavy (non-hydrogen) atoms. The number of thiocarbonyl (C=S) groups is 1. The van der Waals surface area contributed by atoms with Gasteiger partial charge in [0.15, 0.2) is 0 Å². The highest BCUT2D eigenvalue weighted by atomic mass is 32.1. The molecule has 0 aliphatic carbocycles. The van der Waals surface area contributed by atoms with E-state index in [9.17, 15) is 4.39 Å². The van der Waals surface area contributed by atoms with Crippen LogP contribution in [0.4, 0.5) is 10.1 Å². The van der Waals surface area contributed by atoms with Gasteiger partial charge in [-0.05, 0) is 52.2 Å². The molecule has 106 valence electrons. The van der Waals surface area contributed by atoms with E-state index in [1.54, 1.807) is 6.07 Å². The van der Waals surface area contributed by atoms with E-state index < -0.39 is 0 Å². The minimum Gasteiger partial charge on any atom is -0.389 e. The predicted molar refractivity (Wildman–Crippen MR) is 83.3 cm³/mol. The lowest BCUT2D eigenvalue weighted by molar-refractivity contribution is 0.400. The maximum atomic E-state index is 13.3. The molecule has 0 fully saturated rings. The van der Waals surface area contributed by atoms with Gasteiger partial charge in [0.25, 0.3) is 0 Å². The molecule has 1 aromatic rings. The zero-order chi connectivity index (χ0) is 14.4. The molecule has 0 aliphatic rings. The molecule has 1 aromatic carbocycles. The zero-order valence-corrected chi connectivity index (χ0v) is 12.6. The Morgan fingerprint density at radius 2 is 2.00 bits per heavy atom. The molecule has 0 saturated heterocycles. The molecule has 0 spiro atoms. The Morgan fingerprint density at radius 3 is 2.53 bits per heavy atom. The molecule has 0 aliphatic heterocycles. The fourth-order valence-corrected chi connectivity index (χ4v) is 2.17. The van der Waals surface area contributed by atoms with Gasteiger partial charge in [-0.3, -0.25) is 0 Å². The first kappa shape index (κ1) is 15.9. The number of hydrogen-bond acceptors (Lipinski definition) is 3. The van der Waals surface area contributed by atoms with Gasteiger partial charge >= 0.3 is 0 Å². The number of halogens is 1. The Balaban J connectivity index is 2.88. The molecule has 0 heterocycles. The fraction of sp³-hybridized carbons (Fsp3) is 0.500. The minimum atomic E-state index is -0.309. The third-order valence-electron chi connectivity index (χ3n) is 2.98. The smallest absolute Gasteiger partial charge is 0.124 e. The van der Waals surface area contributed by atoms with E-state index in [2.05, 4.69) is 30.8 Å². The van der Waals surface area contributed by atoms with Crippen molar-refractivity contribution in [2.75, 3.05) is 38.6 Å². The second-order valence-corrected chi connectivity index (χ2v) is 5.20. The van der Waals surface area contributed by atoms with Crippen molar-refractivity contribution < 1.29 is 4.39 Å². The van der Waals surface area contributed by atoms with Gasteiger partial charge in [-0.15, -0.1) is 0 Å². The van der Waals surface area contributed by atoms with E-state index in [-0.39, 0.29) is 10.8 Å². The lowest BCUT2D eigenvalue weighted by Crippen LogP contribution is -2.29. The fourth-order valence-electron chi connectivity index (χ4n) is 2.01. The first-order chi connectivity index (χ1) is 8.95. The zero-order valence-electron chi connectivity index (χ0n) is 11.8. The molecular weight excluding hydrogens is 261 g/mol. The van der Waals surface area contributed by atoms with Gasteiger partial charge < -0.3 is 15.5 Å². The molecule has 3 nitrogen and oxygen atoms in total. The van der Waals surface area contributed by atoms with Gasteiger partial charge in [-0.25, -0.2) is 4.39 Å². The Bertz CT molecular complexity index is 435. The van der Waals surface area contributed by atoms with Crippen molar-refractivity contribution in [1.82, 2.24) is 4.90 Å². The van der Waals surface area contributed by atoms with Crippen LogP contribution < -0.4 is 10.6 Å². The van der Waals surface area contributed by atoms with Crippen LogP contribution >= 0.6 is 12.2 Å². The lowest BCUT2D eigenvalue weighted by atomic mass is 10.1. The summed E-state index contributed by atoms with van der Waals surface area (Å²) in [4.78, 5) is 4.56. The number of hydrogen-bond donors (Lipinski definition) is 1. The Hall–Kier alpha value is -1.20. The third-order valence-corrected chi connectivity index (χ3v) is 3.20. The van der Waals surface area contributed by atoms with Crippen LogP contribution in [0, 0.1) is 5.82 Å². The SMILES string of the molecule is CCN(CCCN(C)C)c1ccc(F)cc1C(N)=S. The van der Waals surface area contributed by atoms with Crippen LogP contribution in [0.3, 0.4) is 0 Å². The van der Waals surface area contributed by atoms with Crippen molar-refractivity contribution in [1.29, 1.82) is 0 Å². The van der Waals surface area contributed by atoms with E-state index in [1.807, 2.05) is 0 Å². The van der Waals surface area contributed by atoms with Crippen LogP contribution in [0.1, 0.15) is 18.9 Å². The molecule has 0 aromatic heterocycles. The van der Waals surface area contributed by atoms with Gasteiger partial charge in [-0.1, -0.05) is 12.2 Å². The molecule has 0 amide bonds. The van der Waals surface area contributed by atoms with E-state index in [0.717, 1.165) is 31.7 Å². The molecule has 0 saturated carbocycles. The highest BCUT2D eigenvalue weighted by molar-refractivity contribution is 7.80. The van der Waals surface area contributed by atoms with E-state index in [4.69, 9.17) is 18.0 Å². The van der Waals surface area contributed by atoms with Gasteiger partial charge in [0.2, 0.25) is 0 Å². The number of nitrogens with two attached hydrogens (primary N) is 1. The summed E-state index contributed by atoms with van der Waals surface area (Å²) in [7, 11) is 4.10. The van der Waals surface area contributed by atoms with E-state index in [0.29, 0.717) is 5.56 Å². The highest BCUT2D eigenvalue weighted by Gasteiger charge is 2.12. The van der Waals surface area contributed by atoms with Crippen molar-refractivity contribution in [3.63, 3.8) is 0 Å². The number of benzene rings is 1. The Labute approximate surface area is 120 Å². The maximum Gasteiger partial charge on any atom is 0.124 e. The molecule has 0 atom stereocenters. The van der Waals surface area contributed by atoms with Gasteiger partial charge in [0, 0.05) is 24.3 Å². The summed E-state index contributed by atoms with van der Waals surface area (Å²) in [5.74, 6) is -0.309. The van der Waals surface area contributed by atoms with E-state index >= 15 is 0 Å². The third kappa shape index (κ3) is 4.76. The van der Waals surface area contributed by atoms with Crippen molar-refractivity contribution in [3.05, 3.63) is 29.6 Å². The Kier molecular flexibility index (Phi) is 6.18. The summed E-state index contributed by atoms with van der Waals surface area (Å²) in [5.41, 5.74) is 7.21. The molecule has 5 heteroatoms. The average molecular weight is 283 g/mol. The van der Waals surface area contributed by atoms with Gasteiger partial charge in [-0.2, -0.15) is 0 Å². The summed E-state index contributed by atoms with van der Waals surface area (Å²) in [5, 5.41) is 0. The first-order valence-corrected chi connectivity index (χ1v) is 6.85. The lowest BCUT2D eigenvalue weighted by Gasteiger charge is -2.26. The summed E-state index contributed by atoms with van der Waals surface area (Å²) in [6.07, 6.45) is 1.04. The molecular formula is C14H22FN3S. The van der Waals surface area contributed by atoms with Crippen LogP contribution in [0.25, 0.3) is 0 Å². The van der Waals surface area contributed by atoms with Gasteiger partial charge in [0.1, 0.15) is 10.8 Å². The molecule has 0 unspecified atom stereocenters. The summed E-state index contributed by atoms with van der Waals surface area (Å²) in [6.45, 7) is 4.83. The molecule has 1 rings (SSSR count). The summed E-state index contributed by atoms with van der Waals surface area (Å²) in [6, 6.07) is 4.61. The first-order valence-electron chi connectivity index (χ1n) is 6.44. The molecule has 2 N–H and O–H groups in total. The molecule has 0 bridgehead atoms. The van der Waals surface area contributed by atoms with Crippen molar-refractivity contribution in [2.45, 2.75) is 13.3 Å². The standard InChI is InChI=1S/C14H22FN3S/c1-4-18(9-5-8-17(2)3)13-7-6-11(15)10-12(13)14(16)19/h6-7,10H,4-5,8-9H2,1-3H3,(H2,16,19). The van der Waals surface area contributed by atoms with Crippen molar-refractivity contribution in [3.8, 4) is 0 Å². The average Bonchev–Trinajstić information content (AvgIpc) is 2.34. The quantitative estimate of drug-likeness (QED) is 0.778. The Morgan fingerprint density at radius 1 is 1.32 bits per heavy atom. The van der Waals surface area contributed by atoms with Crippen molar-refractivity contribution in [2.24, 2.45) is 5.73 Å². The summed E-state index contributed by atoms with van der Waals surface area (Å²) < 4.78 is 13.3. The second kappa shape index (κ2) is 7.40. The molecule has 0 radical (unpaired) electrons. The second-order valence-electron chi connectivity index (χ2n) is 4.76.